The van der Waals surface area contributed by atoms with E-state index in [0.29, 0.717) is 23.0 Å². The summed E-state index contributed by atoms with van der Waals surface area (Å²) in [5.41, 5.74) is 1.79. The fraction of sp³-hybridized carbons (Fsp3) is 0.273. The van der Waals surface area contributed by atoms with Crippen molar-refractivity contribution in [1.29, 1.82) is 0 Å². The van der Waals surface area contributed by atoms with Crippen LogP contribution in [0.3, 0.4) is 0 Å². The summed E-state index contributed by atoms with van der Waals surface area (Å²) < 4.78 is 10.5. The van der Waals surface area contributed by atoms with Crippen LogP contribution in [-0.2, 0) is 16.1 Å². The largest absolute Gasteiger partial charge is 0.497 e. The van der Waals surface area contributed by atoms with Crippen molar-refractivity contribution in [3.63, 3.8) is 0 Å². The van der Waals surface area contributed by atoms with E-state index in [-0.39, 0.29) is 36.0 Å². The normalized spacial score (nSPS) is 11.5. The van der Waals surface area contributed by atoms with Gasteiger partial charge in [-0.3, -0.25) is 9.59 Å². The summed E-state index contributed by atoms with van der Waals surface area (Å²) >= 11 is 1.12. The molecule has 2 aromatic carbocycles. The molecule has 0 bridgehead atoms. The topological polar surface area (TPSA) is 102 Å². The van der Waals surface area contributed by atoms with Crippen LogP contribution in [0.2, 0.25) is 0 Å². The Balaban J connectivity index is 1.39. The first-order chi connectivity index (χ1) is 15.0. The van der Waals surface area contributed by atoms with Gasteiger partial charge in [0, 0.05) is 12.2 Å². The van der Waals surface area contributed by atoms with Crippen molar-refractivity contribution in [1.82, 2.24) is 15.5 Å². The number of carbonyl (C=O) groups excluding carboxylic acids is 2. The highest BCUT2D eigenvalue weighted by molar-refractivity contribution is 7.13. The monoisotopic (exact) mass is 440 g/mol. The number of ether oxygens (including phenoxy) is 2. The van der Waals surface area contributed by atoms with Gasteiger partial charge in [-0.25, -0.2) is 0 Å². The molecule has 0 unspecified atom stereocenters. The molecule has 31 heavy (non-hydrogen) atoms. The van der Waals surface area contributed by atoms with Crippen molar-refractivity contribution in [2.24, 2.45) is 0 Å². The van der Waals surface area contributed by atoms with E-state index in [9.17, 15) is 9.59 Å². The summed E-state index contributed by atoms with van der Waals surface area (Å²) in [5, 5.41) is 14.2. The molecule has 0 aliphatic rings. The molecular weight excluding hydrogens is 416 g/mol. The first-order valence-electron chi connectivity index (χ1n) is 9.72. The van der Waals surface area contributed by atoms with Crippen LogP contribution in [0.25, 0.3) is 0 Å². The third-order valence-corrected chi connectivity index (χ3v) is 5.34. The highest BCUT2D eigenvalue weighted by atomic mass is 32.1. The number of carbonyl (C=O) groups is 2. The molecule has 0 aliphatic heterocycles. The number of nitrogens with one attached hydrogen (secondary N) is 2. The first-order valence-corrected chi connectivity index (χ1v) is 10.5. The predicted molar refractivity (Wildman–Crippen MR) is 118 cm³/mol. The molecule has 0 saturated heterocycles. The fourth-order valence-electron chi connectivity index (χ4n) is 2.71. The maximum absolute atomic E-state index is 12.3. The lowest BCUT2D eigenvalue weighted by atomic mass is 10.0. The number of amides is 2. The number of benzene rings is 2. The van der Waals surface area contributed by atoms with E-state index in [4.69, 9.17) is 9.47 Å². The van der Waals surface area contributed by atoms with Crippen LogP contribution < -0.4 is 15.4 Å². The molecule has 1 aromatic heterocycles. The zero-order valence-electron chi connectivity index (χ0n) is 17.3. The van der Waals surface area contributed by atoms with E-state index in [1.165, 1.54) is 0 Å². The van der Waals surface area contributed by atoms with Crippen LogP contribution in [0.15, 0.2) is 54.6 Å². The Labute approximate surface area is 184 Å². The third kappa shape index (κ3) is 6.87. The van der Waals surface area contributed by atoms with Gasteiger partial charge in [0.2, 0.25) is 10.9 Å². The summed E-state index contributed by atoms with van der Waals surface area (Å²) in [6, 6.07) is 17.0. The van der Waals surface area contributed by atoms with Gasteiger partial charge in [0.15, 0.2) is 0 Å². The number of aromatic nitrogens is 2. The summed E-state index contributed by atoms with van der Waals surface area (Å²) in [7, 11) is 1.58. The fourth-order valence-corrected chi connectivity index (χ4v) is 3.38. The molecule has 0 radical (unpaired) electrons. The van der Waals surface area contributed by atoms with Crippen LogP contribution in [0.5, 0.6) is 5.75 Å². The highest BCUT2D eigenvalue weighted by Gasteiger charge is 2.14. The predicted octanol–water partition coefficient (Wildman–Crippen LogP) is 3.24. The number of nitrogens with zero attached hydrogens (tertiary/aromatic N) is 2. The second kappa shape index (κ2) is 11.2. The maximum atomic E-state index is 12.3. The number of rotatable bonds is 10. The third-order valence-electron chi connectivity index (χ3n) is 4.44. The molecule has 2 N–H and O–H groups in total. The Morgan fingerprint density at radius 3 is 2.52 bits per heavy atom. The van der Waals surface area contributed by atoms with Crippen LogP contribution in [0.1, 0.15) is 33.2 Å². The Morgan fingerprint density at radius 2 is 1.81 bits per heavy atom. The lowest BCUT2D eigenvalue weighted by Crippen LogP contribution is -2.30. The van der Waals surface area contributed by atoms with Crippen molar-refractivity contribution in [3.05, 3.63) is 70.2 Å². The van der Waals surface area contributed by atoms with Gasteiger partial charge in [0.25, 0.3) is 5.91 Å². The Morgan fingerprint density at radius 1 is 1.06 bits per heavy atom. The lowest BCUT2D eigenvalue weighted by molar-refractivity contribution is -0.126. The van der Waals surface area contributed by atoms with Crippen molar-refractivity contribution < 1.29 is 19.1 Å². The van der Waals surface area contributed by atoms with Gasteiger partial charge in [0.1, 0.15) is 24.0 Å². The molecule has 3 aromatic rings. The van der Waals surface area contributed by atoms with Gasteiger partial charge >= 0.3 is 0 Å². The minimum Gasteiger partial charge on any atom is -0.497 e. The van der Waals surface area contributed by atoms with E-state index in [1.807, 2.05) is 30.3 Å². The van der Waals surface area contributed by atoms with Gasteiger partial charge in [0.05, 0.1) is 7.11 Å². The number of anilines is 1. The second-order valence-electron chi connectivity index (χ2n) is 6.79. The Kier molecular flexibility index (Phi) is 8.08. The molecule has 9 heteroatoms. The molecule has 2 amide bonds. The van der Waals surface area contributed by atoms with Gasteiger partial charge in [-0.05, 0) is 35.7 Å². The second-order valence-corrected chi connectivity index (χ2v) is 7.85. The van der Waals surface area contributed by atoms with Gasteiger partial charge in [-0.15, -0.1) is 10.2 Å². The van der Waals surface area contributed by atoms with Gasteiger partial charge < -0.3 is 20.1 Å². The molecule has 0 spiro atoms. The molecule has 0 aliphatic carbocycles. The van der Waals surface area contributed by atoms with Crippen LogP contribution in [-0.4, -0.2) is 42.3 Å². The Hall–Kier alpha value is -3.30. The van der Waals surface area contributed by atoms with Crippen molar-refractivity contribution in [3.8, 4) is 5.75 Å². The van der Waals surface area contributed by atoms with Crippen molar-refractivity contribution in [2.75, 3.05) is 25.6 Å². The molecule has 8 nitrogen and oxygen atoms in total. The average molecular weight is 441 g/mol. The summed E-state index contributed by atoms with van der Waals surface area (Å²) in [4.78, 5) is 24.3. The quantitative estimate of drug-likeness (QED) is 0.502. The lowest BCUT2D eigenvalue weighted by Gasteiger charge is -2.13. The van der Waals surface area contributed by atoms with Crippen molar-refractivity contribution >= 4 is 28.8 Å². The molecule has 1 heterocycles. The number of methoxy groups -OCH3 is 1. The van der Waals surface area contributed by atoms with E-state index < -0.39 is 0 Å². The van der Waals surface area contributed by atoms with E-state index >= 15 is 0 Å². The maximum Gasteiger partial charge on any atom is 0.286 e. The minimum atomic E-state index is -0.360. The number of hydrogen-bond donors (Lipinski definition) is 2. The SMILES string of the molecule is COc1ccc(NC(=O)c2nnc(COCC(=O)NC[C@H](C)c3ccccc3)s2)cc1. The van der Waals surface area contributed by atoms with E-state index in [0.717, 1.165) is 16.9 Å². The van der Waals surface area contributed by atoms with Crippen LogP contribution in [0.4, 0.5) is 5.69 Å². The van der Waals surface area contributed by atoms with Crippen molar-refractivity contribution in [2.45, 2.75) is 19.4 Å². The van der Waals surface area contributed by atoms with Crippen LogP contribution in [0, 0.1) is 0 Å². The molecule has 162 valence electrons. The smallest absolute Gasteiger partial charge is 0.286 e. The molecule has 1 atom stereocenters. The van der Waals surface area contributed by atoms with Gasteiger partial charge in [-0.2, -0.15) is 0 Å². The molecule has 0 saturated carbocycles. The standard InChI is InChI=1S/C22H24N4O4S/c1-15(16-6-4-3-5-7-16)12-23-19(27)13-30-14-20-25-26-22(31-20)21(28)24-17-8-10-18(29-2)11-9-17/h3-11,15H,12-14H2,1-2H3,(H,23,27)(H,24,28)/t15-/m0/s1. The van der Waals surface area contributed by atoms with E-state index in [1.54, 1.807) is 31.4 Å². The Bertz CT molecular complexity index is 992. The zero-order valence-corrected chi connectivity index (χ0v) is 18.1. The highest BCUT2D eigenvalue weighted by Crippen LogP contribution is 2.17. The molecule has 0 fully saturated rings. The first kappa shape index (κ1) is 22.4. The molecular formula is C22H24N4O4S. The molecule has 3 rings (SSSR count). The summed E-state index contributed by atoms with van der Waals surface area (Å²) in [6.45, 7) is 2.60. The average Bonchev–Trinajstić information content (AvgIpc) is 3.27. The minimum absolute atomic E-state index is 0.0888. The van der Waals surface area contributed by atoms with Crippen LogP contribution >= 0.6 is 11.3 Å². The zero-order chi connectivity index (χ0) is 22.1. The van der Waals surface area contributed by atoms with E-state index in [2.05, 4.69) is 27.8 Å². The summed E-state index contributed by atoms with van der Waals surface area (Å²) in [6.07, 6.45) is 0. The number of hydrogen-bond acceptors (Lipinski definition) is 7. The van der Waals surface area contributed by atoms with Gasteiger partial charge in [-0.1, -0.05) is 48.6 Å². The summed E-state index contributed by atoms with van der Waals surface area (Å²) in [5.74, 6) is 0.346.